The lowest BCUT2D eigenvalue weighted by atomic mass is 10.1. The van der Waals surface area contributed by atoms with Crippen LogP contribution in [0.3, 0.4) is 0 Å². The highest BCUT2D eigenvalue weighted by atomic mass is 16.5. The van der Waals surface area contributed by atoms with Crippen LogP contribution in [-0.2, 0) is 16.1 Å². The van der Waals surface area contributed by atoms with E-state index in [2.05, 4.69) is 9.97 Å². The zero-order valence-electron chi connectivity index (χ0n) is 11.0. The molecule has 0 fully saturated rings. The number of carbonyl (C=O) groups is 1. The maximum Gasteiger partial charge on any atom is 0.325 e. The van der Waals surface area contributed by atoms with E-state index in [0.29, 0.717) is 0 Å². The van der Waals surface area contributed by atoms with Gasteiger partial charge in [-0.05, 0) is 18.2 Å². The molecule has 5 nitrogen and oxygen atoms in total. The van der Waals surface area contributed by atoms with Crippen LogP contribution < -0.4 is 0 Å². The first-order valence-corrected chi connectivity index (χ1v) is 6.21. The summed E-state index contributed by atoms with van der Waals surface area (Å²) < 4.78 is 6.50. The van der Waals surface area contributed by atoms with E-state index in [1.165, 1.54) is 7.11 Å². The molecule has 1 aromatic carbocycles. The second-order valence-corrected chi connectivity index (χ2v) is 4.34. The topological polar surface area (TPSA) is 57.0 Å². The van der Waals surface area contributed by atoms with Crippen molar-refractivity contribution < 1.29 is 9.53 Å². The van der Waals surface area contributed by atoms with Crippen LogP contribution in [-0.4, -0.2) is 27.6 Å². The summed E-state index contributed by atoms with van der Waals surface area (Å²) in [6.45, 7) is 0.136. The molecule has 0 spiro atoms. The summed E-state index contributed by atoms with van der Waals surface area (Å²) in [5.41, 5.74) is 3.52. The standard InChI is InChI=1S/C15H13N3O2/c1-20-14(19)9-18-10-17-13-7-4-5-11(15(13)18)12-6-2-3-8-16-12/h2-8,10H,9H2,1H3. The van der Waals surface area contributed by atoms with Gasteiger partial charge in [0.05, 0.1) is 30.2 Å². The van der Waals surface area contributed by atoms with Gasteiger partial charge >= 0.3 is 5.97 Å². The first-order chi connectivity index (χ1) is 9.79. The molecule has 0 N–H and O–H groups in total. The molecule has 2 aromatic heterocycles. The molecule has 0 aliphatic heterocycles. The van der Waals surface area contributed by atoms with Gasteiger partial charge in [0.25, 0.3) is 0 Å². The lowest BCUT2D eigenvalue weighted by Gasteiger charge is -2.07. The number of carbonyl (C=O) groups excluding carboxylic acids is 1. The summed E-state index contributed by atoms with van der Waals surface area (Å²) in [6.07, 6.45) is 3.39. The number of hydrogen-bond donors (Lipinski definition) is 0. The van der Waals surface area contributed by atoms with Crippen LogP contribution in [0.2, 0.25) is 0 Å². The molecule has 0 amide bonds. The van der Waals surface area contributed by atoms with Crippen molar-refractivity contribution in [1.29, 1.82) is 0 Å². The van der Waals surface area contributed by atoms with E-state index in [4.69, 9.17) is 4.74 Å². The highest BCUT2D eigenvalue weighted by molar-refractivity contribution is 5.91. The Labute approximate surface area is 115 Å². The molecule has 0 aliphatic rings. The van der Waals surface area contributed by atoms with Crippen molar-refractivity contribution in [3.05, 3.63) is 48.9 Å². The molecule has 0 unspecified atom stereocenters. The van der Waals surface area contributed by atoms with E-state index in [1.54, 1.807) is 17.1 Å². The zero-order chi connectivity index (χ0) is 13.9. The Morgan fingerprint density at radius 3 is 2.85 bits per heavy atom. The summed E-state index contributed by atoms with van der Waals surface area (Å²) in [5.74, 6) is -0.305. The lowest BCUT2D eigenvalue weighted by Crippen LogP contribution is -2.10. The SMILES string of the molecule is COC(=O)Cn1cnc2cccc(-c3ccccn3)c21. The Morgan fingerprint density at radius 1 is 1.20 bits per heavy atom. The number of pyridine rings is 1. The minimum atomic E-state index is -0.305. The fourth-order valence-corrected chi connectivity index (χ4v) is 2.18. The van der Waals surface area contributed by atoms with E-state index < -0.39 is 0 Å². The van der Waals surface area contributed by atoms with Crippen LogP contribution in [0.15, 0.2) is 48.9 Å². The quantitative estimate of drug-likeness (QED) is 0.683. The van der Waals surface area contributed by atoms with Gasteiger partial charge in [-0.15, -0.1) is 0 Å². The first kappa shape index (κ1) is 12.3. The molecule has 20 heavy (non-hydrogen) atoms. The maximum atomic E-state index is 11.5. The fraction of sp³-hybridized carbons (Fsp3) is 0.133. The lowest BCUT2D eigenvalue weighted by molar-refractivity contribution is -0.141. The maximum absolute atomic E-state index is 11.5. The Hall–Kier alpha value is -2.69. The van der Waals surface area contributed by atoms with Crippen LogP contribution in [0.4, 0.5) is 0 Å². The summed E-state index contributed by atoms with van der Waals surface area (Å²) in [6, 6.07) is 11.6. The largest absolute Gasteiger partial charge is 0.468 e. The van der Waals surface area contributed by atoms with Gasteiger partial charge in [-0.2, -0.15) is 0 Å². The molecule has 100 valence electrons. The number of rotatable bonds is 3. The summed E-state index contributed by atoms with van der Waals surface area (Å²) in [5, 5.41) is 0. The minimum absolute atomic E-state index is 0.136. The van der Waals surface area contributed by atoms with E-state index in [-0.39, 0.29) is 12.5 Å². The zero-order valence-corrected chi connectivity index (χ0v) is 11.0. The van der Waals surface area contributed by atoms with Crippen molar-refractivity contribution >= 4 is 17.0 Å². The monoisotopic (exact) mass is 267 g/mol. The second kappa shape index (κ2) is 5.13. The van der Waals surface area contributed by atoms with E-state index in [1.807, 2.05) is 36.4 Å². The van der Waals surface area contributed by atoms with Gasteiger partial charge in [0.2, 0.25) is 0 Å². The fourth-order valence-electron chi connectivity index (χ4n) is 2.18. The van der Waals surface area contributed by atoms with Gasteiger partial charge in [-0.3, -0.25) is 9.78 Å². The van der Waals surface area contributed by atoms with E-state index in [9.17, 15) is 4.79 Å². The number of imidazole rings is 1. The van der Waals surface area contributed by atoms with Crippen LogP contribution in [0.25, 0.3) is 22.3 Å². The van der Waals surface area contributed by atoms with E-state index in [0.717, 1.165) is 22.3 Å². The number of para-hydroxylation sites is 1. The number of benzene rings is 1. The molecule has 3 rings (SSSR count). The number of aromatic nitrogens is 3. The molecule has 0 saturated heterocycles. The van der Waals surface area contributed by atoms with Gasteiger partial charge in [0.15, 0.2) is 0 Å². The third-order valence-corrected chi connectivity index (χ3v) is 3.11. The van der Waals surface area contributed by atoms with Crippen molar-refractivity contribution in [3.8, 4) is 11.3 Å². The Balaban J connectivity index is 2.17. The molecular formula is C15H13N3O2. The van der Waals surface area contributed by atoms with Gasteiger partial charge in [0.1, 0.15) is 6.54 Å². The number of fused-ring (bicyclic) bond motifs is 1. The molecule has 0 aliphatic carbocycles. The number of hydrogen-bond acceptors (Lipinski definition) is 4. The van der Waals surface area contributed by atoms with Crippen LogP contribution in [0, 0.1) is 0 Å². The highest BCUT2D eigenvalue weighted by Gasteiger charge is 2.12. The second-order valence-electron chi connectivity index (χ2n) is 4.34. The van der Waals surface area contributed by atoms with Crippen molar-refractivity contribution in [2.45, 2.75) is 6.54 Å². The minimum Gasteiger partial charge on any atom is -0.468 e. The number of ether oxygens (including phenoxy) is 1. The predicted molar refractivity (Wildman–Crippen MR) is 75.0 cm³/mol. The Bertz CT molecular complexity index is 750. The predicted octanol–water partition coefficient (Wildman–Crippen LogP) is 2.27. The van der Waals surface area contributed by atoms with Crippen molar-refractivity contribution in [2.24, 2.45) is 0 Å². The van der Waals surface area contributed by atoms with Crippen molar-refractivity contribution in [3.63, 3.8) is 0 Å². The van der Waals surface area contributed by atoms with E-state index >= 15 is 0 Å². The van der Waals surface area contributed by atoms with Crippen LogP contribution >= 0.6 is 0 Å². The number of methoxy groups -OCH3 is 1. The average molecular weight is 267 g/mol. The highest BCUT2D eigenvalue weighted by Crippen LogP contribution is 2.26. The first-order valence-electron chi connectivity index (χ1n) is 6.21. The molecular weight excluding hydrogens is 254 g/mol. The number of esters is 1. The molecule has 3 aromatic rings. The van der Waals surface area contributed by atoms with Crippen LogP contribution in [0.5, 0.6) is 0 Å². The normalized spacial score (nSPS) is 10.7. The Kier molecular flexibility index (Phi) is 3.16. The molecule has 5 heteroatoms. The molecule has 2 heterocycles. The van der Waals surface area contributed by atoms with Gasteiger partial charge in [-0.25, -0.2) is 4.98 Å². The molecule has 0 saturated carbocycles. The van der Waals surface area contributed by atoms with Gasteiger partial charge in [0, 0.05) is 11.8 Å². The smallest absolute Gasteiger partial charge is 0.325 e. The molecule has 0 atom stereocenters. The van der Waals surface area contributed by atoms with Crippen molar-refractivity contribution in [2.75, 3.05) is 7.11 Å². The van der Waals surface area contributed by atoms with Crippen LogP contribution in [0.1, 0.15) is 0 Å². The van der Waals surface area contributed by atoms with Gasteiger partial charge < -0.3 is 9.30 Å². The number of nitrogens with zero attached hydrogens (tertiary/aromatic N) is 3. The Morgan fingerprint density at radius 2 is 2.10 bits per heavy atom. The molecule has 0 radical (unpaired) electrons. The molecule has 0 bridgehead atoms. The third kappa shape index (κ3) is 2.14. The third-order valence-electron chi connectivity index (χ3n) is 3.11. The average Bonchev–Trinajstić information content (AvgIpc) is 2.91. The van der Waals surface area contributed by atoms with Gasteiger partial charge in [-0.1, -0.05) is 18.2 Å². The summed E-state index contributed by atoms with van der Waals surface area (Å²) in [4.78, 5) is 20.2. The van der Waals surface area contributed by atoms with Crippen molar-refractivity contribution in [1.82, 2.24) is 14.5 Å². The summed E-state index contributed by atoms with van der Waals surface area (Å²) in [7, 11) is 1.38. The summed E-state index contributed by atoms with van der Waals surface area (Å²) >= 11 is 0.